The Hall–Kier alpha value is -0.540. The van der Waals surface area contributed by atoms with Gasteiger partial charge >= 0.3 is 0 Å². The zero-order valence-corrected chi connectivity index (χ0v) is 12.0. The third-order valence-electron chi connectivity index (χ3n) is 2.99. The van der Waals surface area contributed by atoms with E-state index in [-0.39, 0.29) is 0 Å². The number of aryl methyl sites for hydroxylation is 2. The molecule has 0 spiro atoms. The summed E-state index contributed by atoms with van der Waals surface area (Å²) in [6.45, 7) is 4.25. The van der Waals surface area contributed by atoms with Gasteiger partial charge in [0.1, 0.15) is 0 Å². The van der Waals surface area contributed by atoms with E-state index in [0.717, 1.165) is 31.8 Å². The molecule has 3 nitrogen and oxygen atoms in total. The second kappa shape index (κ2) is 7.72. The highest BCUT2D eigenvalue weighted by Gasteiger charge is 2.06. The fourth-order valence-electron chi connectivity index (χ4n) is 1.90. The van der Waals surface area contributed by atoms with Gasteiger partial charge in [0, 0.05) is 19.5 Å². The molecule has 0 aliphatic heterocycles. The Bertz CT molecular complexity index is 322. The second-order valence-corrected chi connectivity index (χ2v) is 4.97. The summed E-state index contributed by atoms with van der Waals surface area (Å²) in [4.78, 5) is 2.35. The number of alkyl halides is 1. The van der Waals surface area contributed by atoms with Gasteiger partial charge < -0.3 is 4.90 Å². The van der Waals surface area contributed by atoms with Crippen molar-refractivity contribution < 1.29 is 0 Å². The highest BCUT2D eigenvalue weighted by atomic mass is 35.5. The van der Waals surface area contributed by atoms with Crippen LogP contribution in [-0.2, 0) is 20.0 Å². The predicted octanol–water partition coefficient (Wildman–Crippen LogP) is 2.82. The highest BCUT2D eigenvalue weighted by molar-refractivity contribution is 6.17. The minimum atomic E-state index is 0.783. The van der Waals surface area contributed by atoms with E-state index in [2.05, 4.69) is 30.0 Å². The predicted molar refractivity (Wildman–Crippen MR) is 73.5 cm³/mol. The van der Waals surface area contributed by atoms with E-state index in [9.17, 15) is 0 Å². The van der Waals surface area contributed by atoms with Crippen LogP contribution in [0.4, 0.5) is 0 Å². The molecule has 0 unspecified atom stereocenters. The summed E-state index contributed by atoms with van der Waals surface area (Å²) in [6, 6.07) is 2.20. The Morgan fingerprint density at radius 1 is 1.35 bits per heavy atom. The first-order chi connectivity index (χ1) is 8.17. The van der Waals surface area contributed by atoms with Crippen LogP contribution >= 0.6 is 11.6 Å². The van der Waals surface area contributed by atoms with E-state index in [1.807, 2.05) is 11.7 Å². The van der Waals surface area contributed by atoms with Crippen LogP contribution in [0.25, 0.3) is 0 Å². The molecule has 1 heterocycles. The molecule has 0 atom stereocenters. The molecule has 0 aliphatic rings. The van der Waals surface area contributed by atoms with Crippen molar-refractivity contribution >= 4 is 11.6 Å². The first-order valence-electron chi connectivity index (χ1n) is 6.43. The smallest absolute Gasteiger partial charge is 0.0625 e. The molecule has 0 amide bonds. The molecule has 0 aliphatic carbocycles. The fraction of sp³-hybridized carbons (Fsp3) is 0.769. The molecule has 0 N–H and O–H groups in total. The highest BCUT2D eigenvalue weighted by Crippen LogP contribution is 2.07. The molecular formula is C13H24ClN3. The van der Waals surface area contributed by atoms with E-state index in [1.165, 1.54) is 24.2 Å². The van der Waals surface area contributed by atoms with Gasteiger partial charge in [-0.2, -0.15) is 5.10 Å². The summed E-state index contributed by atoms with van der Waals surface area (Å²) in [7, 11) is 4.19. The fourth-order valence-corrected chi connectivity index (χ4v) is 2.09. The van der Waals surface area contributed by atoms with E-state index in [4.69, 9.17) is 11.6 Å². The normalized spacial score (nSPS) is 11.4. The van der Waals surface area contributed by atoms with Crippen molar-refractivity contribution in [3.8, 4) is 0 Å². The number of unbranched alkanes of at least 4 members (excludes halogenated alkanes) is 2. The number of hydrogen-bond acceptors (Lipinski definition) is 2. The topological polar surface area (TPSA) is 21.1 Å². The van der Waals surface area contributed by atoms with Crippen molar-refractivity contribution in [3.63, 3.8) is 0 Å². The maximum absolute atomic E-state index is 5.66. The van der Waals surface area contributed by atoms with Crippen LogP contribution in [0.3, 0.4) is 0 Å². The van der Waals surface area contributed by atoms with Gasteiger partial charge in [-0.3, -0.25) is 4.68 Å². The monoisotopic (exact) mass is 257 g/mol. The zero-order chi connectivity index (χ0) is 12.7. The van der Waals surface area contributed by atoms with Crippen molar-refractivity contribution in [3.05, 3.63) is 17.5 Å². The number of halogens is 1. The molecule has 98 valence electrons. The molecule has 0 saturated heterocycles. The molecule has 1 rings (SSSR count). The lowest BCUT2D eigenvalue weighted by atomic mass is 10.2. The van der Waals surface area contributed by atoms with E-state index >= 15 is 0 Å². The van der Waals surface area contributed by atoms with Crippen LogP contribution in [0, 0.1) is 0 Å². The molecule has 0 radical (unpaired) electrons. The third-order valence-corrected chi connectivity index (χ3v) is 3.26. The Morgan fingerprint density at radius 2 is 2.12 bits per heavy atom. The summed E-state index contributed by atoms with van der Waals surface area (Å²) >= 11 is 5.66. The Morgan fingerprint density at radius 3 is 2.71 bits per heavy atom. The quantitative estimate of drug-likeness (QED) is 0.528. The second-order valence-electron chi connectivity index (χ2n) is 4.59. The van der Waals surface area contributed by atoms with Gasteiger partial charge in [-0.15, -0.1) is 11.6 Å². The number of hydrogen-bond donors (Lipinski definition) is 0. The minimum Gasteiger partial charge on any atom is -0.301 e. The van der Waals surface area contributed by atoms with Crippen LogP contribution in [0.15, 0.2) is 6.07 Å². The third kappa shape index (κ3) is 5.09. The summed E-state index contributed by atoms with van der Waals surface area (Å²) in [5.74, 6) is 0.783. The lowest BCUT2D eigenvalue weighted by molar-refractivity contribution is 0.309. The van der Waals surface area contributed by atoms with Crippen molar-refractivity contribution in [1.29, 1.82) is 0 Å². The lowest BCUT2D eigenvalue weighted by Gasteiger charge is -2.16. The van der Waals surface area contributed by atoms with Gasteiger partial charge in [-0.1, -0.05) is 13.3 Å². The van der Waals surface area contributed by atoms with Crippen LogP contribution < -0.4 is 0 Å². The molecular weight excluding hydrogens is 234 g/mol. The number of rotatable bonds is 8. The molecule has 0 aromatic carbocycles. The Labute approximate surface area is 110 Å². The van der Waals surface area contributed by atoms with E-state index in [0.29, 0.717) is 0 Å². The van der Waals surface area contributed by atoms with E-state index < -0.39 is 0 Å². The van der Waals surface area contributed by atoms with Crippen LogP contribution in [0.2, 0.25) is 0 Å². The number of nitrogens with zero attached hydrogens (tertiary/aromatic N) is 3. The lowest BCUT2D eigenvalue weighted by Crippen LogP contribution is -2.20. The SMILES string of the molecule is CCc1cc(CN(C)CCCCCCl)n(C)n1. The average Bonchev–Trinajstić information content (AvgIpc) is 2.66. The van der Waals surface area contributed by atoms with Crippen LogP contribution in [-0.4, -0.2) is 34.2 Å². The van der Waals surface area contributed by atoms with Crippen molar-refractivity contribution in [2.45, 2.75) is 39.2 Å². The average molecular weight is 258 g/mol. The van der Waals surface area contributed by atoms with Crippen LogP contribution in [0.5, 0.6) is 0 Å². The summed E-state index contributed by atoms with van der Waals surface area (Å²) in [6.07, 6.45) is 4.58. The van der Waals surface area contributed by atoms with Gasteiger partial charge in [0.2, 0.25) is 0 Å². The molecule has 0 bridgehead atoms. The summed E-state index contributed by atoms with van der Waals surface area (Å²) < 4.78 is 1.99. The standard InChI is InChI=1S/C13H24ClN3/c1-4-12-10-13(17(3)15-12)11-16(2)9-7-5-6-8-14/h10H,4-9,11H2,1-3H3. The van der Waals surface area contributed by atoms with Gasteiger partial charge in [0.25, 0.3) is 0 Å². The molecule has 0 saturated carbocycles. The minimum absolute atomic E-state index is 0.783. The molecule has 4 heteroatoms. The zero-order valence-electron chi connectivity index (χ0n) is 11.2. The van der Waals surface area contributed by atoms with E-state index in [1.54, 1.807) is 0 Å². The van der Waals surface area contributed by atoms with Gasteiger partial charge in [-0.05, 0) is 38.9 Å². The summed E-state index contributed by atoms with van der Waals surface area (Å²) in [5, 5.41) is 4.46. The molecule has 1 aromatic rings. The van der Waals surface area contributed by atoms with Gasteiger partial charge in [0.15, 0.2) is 0 Å². The van der Waals surface area contributed by atoms with Crippen LogP contribution in [0.1, 0.15) is 37.6 Å². The molecule has 1 aromatic heterocycles. The van der Waals surface area contributed by atoms with Crippen molar-refractivity contribution in [2.24, 2.45) is 7.05 Å². The van der Waals surface area contributed by atoms with Crippen molar-refractivity contribution in [1.82, 2.24) is 14.7 Å². The molecule has 0 fully saturated rings. The van der Waals surface area contributed by atoms with Gasteiger partial charge in [-0.25, -0.2) is 0 Å². The van der Waals surface area contributed by atoms with Crippen molar-refractivity contribution in [2.75, 3.05) is 19.5 Å². The summed E-state index contributed by atoms with van der Waals surface area (Å²) in [5.41, 5.74) is 2.47. The van der Waals surface area contributed by atoms with Gasteiger partial charge in [0.05, 0.1) is 11.4 Å². The first kappa shape index (κ1) is 14.5. The molecule has 17 heavy (non-hydrogen) atoms. The maximum Gasteiger partial charge on any atom is 0.0625 e. The Kier molecular flexibility index (Phi) is 6.60. The largest absolute Gasteiger partial charge is 0.301 e. The first-order valence-corrected chi connectivity index (χ1v) is 6.97. The maximum atomic E-state index is 5.66. The Balaban J connectivity index is 2.34. The number of aromatic nitrogens is 2.